The molecule has 1 N–H and O–H groups in total. The Bertz CT molecular complexity index is 1460. The van der Waals surface area contributed by atoms with Crippen LogP contribution in [0.2, 0.25) is 0 Å². The standard InChI is InChI=1S/C33H39N3O7S/c37-32(25-43-28-13-15-30(16-14-28)44(39,40)35-17-20-41-21-18-35)36(24-27-10-5-2-6-11-27)31(22-26-8-3-1-4-9-26)33(38)34-23-29-12-7-19-42-29/h1-6,8-11,13-16,29,31H,7,12,17-25H2,(H,34,38)/t29-,31+/m0/s1. The molecule has 3 aromatic carbocycles. The van der Waals surface area contributed by atoms with Gasteiger partial charge in [0.25, 0.3) is 5.91 Å². The van der Waals surface area contributed by atoms with E-state index in [0.29, 0.717) is 51.6 Å². The van der Waals surface area contributed by atoms with Gasteiger partial charge in [-0.2, -0.15) is 4.31 Å². The van der Waals surface area contributed by atoms with Crippen LogP contribution in [-0.4, -0.2) is 87.6 Å². The van der Waals surface area contributed by atoms with Crippen molar-refractivity contribution in [2.24, 2.45) is 0 Å². The first-order valence-corrected chi connectivity index (χ1v) is 16.4. The van der Waals surface area contributed by atoms with E-state index >= 15 is 0 Å². The van der Waals surface area contributed by atoms with Crippen molar-refractivity contribution in [3.8, 4) is 5.75 Å². The minimum absolute atomic E-state index is 0.0343. The van der Waals surface area contributed by atoms with E-state index in [1.165, 1.54) is 28.6 Å². The third kappa shape index (κ3) is 8.44. The van der Waals surface area contributed by atoms with Crippen LogP contribution < -0.4 is 10.1 Å². The van der Waals surface area contributed by atoms with E-state index in [4.69, 9.17) is 14.2 Å². The molecule has 5 rings (SSSR count). The maximum Gasteiger partial charge on any atom is 0.261 e. The third-order valence-electron chi connectivity index (χ3n) is 7.79. The van der Waals surface area contributed by atoms with Crippen molar-refractivity contribution in [2.75, 3.05) is 46.1 Å². The Morgan fingerprint density at radius 3 is 2.20 bits per heavy atom. The Morgan fingerprint density at radius 2 is 1.57 bits per heavy atom. The van der Waals surface area contributed by atoms with Crippen LogP contribution in [-0.2, 0) is 42.1 Å². The van der Waals surface area contributed by atoms with Gasteiger partial charge in [-0.25, -0.2) is 8.42 Å². The highest BCUT2D eigenvalue weighted by molar-refractivity contribution is 7.89. The smallest absolute Gasteiger partial charge is 0.261 e. The van der Waals surface area contributed by atoms with Crippen molar-refractivity contribution in [3.05, 3.63) is 96.1 Å². The van der Waals surface area contributed by atoms with E-state index in [9.17, 15) is 18.0 Å². The van der Waals surface area contributed by atoms with E-state index in [-0.39, 0.29) is 36.0 Å². The molecular weight excluding hydrogens is 582 g/mol. The molecule has 2 aliphatic heterocycles. The topological polar surface area (TPSA) is 114 Å². The van der Waals surface area contributed by atoms with Crippen LogP contribution in [0.1, 0.15) is 24.0 Å². The number of nitrogens with one attached hydrogen (secondary N) is 1. The zero-order valence-electron chi connectivity index (χ0n) is 24.7. The number of hydrogen-bond acceptors (Lipinski definition) is 7. The van der Waals surface area contributed by atoms with Crippen molar-refractivity contribution < 1.29 is 32.2 Å². The van der Waals surface area contributed by atoms with Crippen LogP contribution >= 0.6 is 0 Å². The molecule has 2 fully saturated rings. The number of rotatable bonds is 13. The van der Waals surface area contributed by atoms with Crippen molar-refractivity contribution >= 4 is 21.8 Å². The van der Waals surface area contributed by atoms with Crippen LogP contribution in [0.5, 0.6) is 5.75 Å². The largest absolute Gasteiger partial charge is 0.484 e. The quantitative estimate of drug-likeness (QED) is 0.312. The summed E-state index contributed by atoms with van der Waals surface area (Å²) >= 11 is 0. The monoisotopic (exact) mass is 621 g/mol. The molecule has 44 heavy (non-hydrogen) atoms. The summed E-state index contributed by atoms with van der Waals surface area (Å²) in [7, 11) is -3.65. The van der Waals surface area contributed by atoms with Crippen LogP contribution in [0.15, 0.2) is 89.8 Å². The molecule has 0 aliphatic carbocycles. The average molecular weight is 622 g/mol. The maximum absolute atomic E-state index is 13.8. The molecule has 3 aromatic rings. The van der Waals surface area contributed by atoms with E-state index in [1.54, 1.807) is 4.90 Å². The lowest BCUT2D eigenvalue weighted by atomic mass is 10.0. The van der Waals surface area contributed by atoms with E-state index in [0.717, 1.165) is 24.0 Å². The first-order valence-electron chi connectivity index (χ1n) is 15.0. The van der Waals surface area contributed by atoms with E-state index in [1.807, 2.05) is 60.7 Å². The van der Waals surface area contributed by atoms with Gasteiger partial charge in [0.05, 0.1) is 24.2 Å². The highest BCUT2D eigenvalue weighted by Crippen LogP contribution is 2.21. The van der Waals surface area contributed by atoms with Gasteiger partial charge in [-0.15, -0.1) is 0 Å². The summed E-state index contributed by atoms with van der Waals surface area (Å²) in [6.45, 7) is 2.28. The fraction of sp³-hybridized carbons (Fsp3) is 0.394. The lowest BCUT2D eigenvalue weighted by Crippen LogP contribution is -2.52. The number of carbonyl (C=O) groups is 2. The Labute approximate surface area is 259 Å². The lowest BCUT2D eigenvalue weighted by Gasteiger charge is -2.31. The summed E-state index contributed by atoms with van der Waals surface area (Å²) < 4.78 is 44.2. The number of sulfonamides is 1. The molecule has 0 spiro atoms. The normalized spacial score (nSPS) is 18.0. The predicted octanol–water partition coefficient (Wildman–Crippen LogP) is 3.02. The maximum atomic E-state index is 13.8. The van der Waals surface area contributed by atoms with Gasteiger partial charge in [0.1, 0.15) is 11.8 Å². The molecule has 10 nitrogen and oxygen atoms in total. The summed E-state index contributed by atoms with van der Waals surface area (Å²) in [5.41, 5.74) is 1.80. The molecule has 0 radical (unpaired) electrons. The van der Waals surface area contributed by atoms with Gasteiger partial charge in [-0.3, -0.25) is 9.59 Å². The SMILES string of the molecule is O=C(NC[C@@H]1CCCO1)[C@@H](Cc1ccccc1)N(Cc1ccccc1)C(=O)COc1ccc(S(=O)(=O)N2CCOCC2)cc1. The fourth-order valence-corrected chi connectivity index (χ4v) is 6.75. The minimum Gasteiger partial charge on any atom is -0.484 e. The number of amides is 2. The number of hydrogen-bond donors (Lipinski definition) is 1. The van der Waals surface area contributed by atoms with E-state index < -0.39 is 16.1 Å². The van der Waals surface area contributed by atoms with Crippen LogP contribution in [0.3, 0.4) is 0 Å². The highest BCUT2D eigenvalue weighted by Gasteiger charge is 2.32. The van der Waals surface area contributed by atoms with Gasteiger partial charge in [0.2, 0.25) is 15.9 Å². The van der Waals surface area contributed by atoms with Gasteiger partial charge < -0.3 is 24.4 Å². The number of morpholine rings is 1. The first-order chi connectivity index (χ1) is 21.4. The van der Waals surface area contributed by atoms with Gasteiger partial charge in [-0.1, -0.05) is 60.7 Å². The zero-order chi connectivity index (χ0) is 30.8. The Balaban J connectivity index is 1.32. The van der Waals surface area contributed by atoms with Gasteiger partial charge >= 0.3 is 0 Å². The lowest BCUT2D eigenvalue weighted by molar-refractivity contribution is -0.143. The third-order valence-corrected chi connectivity index (χ3v) is 9.70. The molecule has 0 bridgehead atoms. The molecule has 2 saturated heterocycles. The van der Waals surface area contributed by atoms with Crippen LogP contribution in [0, 0.1) is 0 Å². The Morgan fingerprint density at radius 1 is 0.909 bits per heavy atom. The summed E-state index contributed by atoms with van der Waals surface area (Å²) in [5.74, 6) is -0.278. The number of nitrogens with zero attached hydrogens (tertiary/aromatic N) is 2. The number of carbonyl (C=O) groups excluding carboxylic acids is 2. The predicted molar refractivity (Wildman–Crippen MR) is 164 cm³/mol. The van der Waals surface area contributed by atoms with E-state index in [2.05, 4.69) is 5.32 Å². The van der Waals surface area contributed by atoms with Gasteiger partial charge in [0.15, 0.2) is 6.61 Å². The van der Waals surface area contributed by atoms with Crippen LogP contribution in [0.25, 0.3) is 0 Å². The van der Waals surface area contributed by atoms with Crippen molar-refractivity contribution in [2.45, 2.75) is 42.8 Å². The van der Waals surface area contributed by atoms with Crippen LogP contribution in [0.4, 0.5) is 0 Å². The molecular formula is C33H39N3O7S. The molecule has 2 heterocycles. The minimum atomic E-state index is -3.65. The second kappa shape index (κ2) is 15.3. The Hall–Kier alpha value is -3.77. The molecule has 2 amide bonds. The Kier molecular flexibility index (Phi) is 11.0. The molecule has 2 aliphatic rings. The second-order valence-corrected chi connectivity index (χ2v) is 12.8. The van der Waals surface area contributed by atoms with Gasteiger partial charge in [0, 0.05) is 39.2 Å². The first kappa shape index (κ1) is 31.6. The van der Waals surface area contributed by atoms with Crippen molar-refractivity contribution in [1.82, 2.24) is 14.5 Å². The van der Waals surface area contributed by atoms with Crippen molar-refractivity contribution in [1.29, 1.82) is 0 Å². The zero-order valence-corrected chi connectivity index (χ0v) is 25.5. The molecule has 0 aromatic heterocycles. The molecule has 0 unspecified atom stereocenters. The number of benzene rings is 3. The number of ether oxygens (including phenoxy) is 3. The second-order valence-electron chi connectivity index (χ2n) is 10.9. The molecule has 0 saturated carbocycles. The molecule has 11 heteroatoms. The highest BCUT2D eigenvalue weighted by atomic mass is 32.2. The van der Waals surface area contributed by atoms with Gasteiger partial charge in [-0.05, 0) is 48.2 Å². The summed E-state index contributed by atoms with van der Waals surface area (Å²) in [4.78, 5) is 29.2. The fourth-order valence-electron chi connectivity index (χ4n) is 5.34. The summed E-state index contributed by atoms with van der Waals surface area (Å²) in [5, 5.41) is 3.02. The average Bonchev–Trinajstić information content (AvgIpc) is 3.59. The molecule has 2 atom stereocenters. The summed E-state index contributed by atoms with van der Waals surface area (Å²) in [6, 6.07) is 24.4. The van der Waals surface area contributed by atoms with Crippen molar-refractivity contribution in [3.63, 3.8) is 0 Å². The molecule has 234 valence electrons. The summed E-state index contributed by atoms with van der Waals surface area (Å²) in [6.07, 6.45) is 2.14.